The number of carbonyl (C=O) groups excluding carboxylic acids is 1. The topological polar surface area (TPSA) is 74.7 Å². The number of fused-ring (bicyclic) bond motifs is 1. The van der Waals surface area contributed by atoms with Crippen LogP contribution in [0.5, 0.6) is 5.88 Å². The van der Waals surface area contributed by atoms with Gasteiger partial charge in [-0.05, 0) is 36.0 Å². The Morgan fingerprint density at radius 1 is 1.64 bits per heavy atom. The van der Waals surface area contributed by atoms with E-state index in [4.69, 9.17) is 4.74 Å². The Bertz CT molecular complexity index is 541. The van der Waals surface area contributed by atoms with Crippen molar-refractivity contribution in [2.24, 2.45) is 5.92 Å². The van der Waals surface area contributed by atoms with Crippen molar-refractivity contribution in [1.29, 1.82) is 0 Å². The number of nitrogens with one attached hydrogen (secondary N) is 1. The second kappa shape index (κ2) is 7.39. The summed E-state index contributed by atoms with van der Waals surface area (Å²) in [6.45, 7) is 4.99. The van der Waals surface area contributed by atoms with Gasteiger partial charge in [-0.1, -0.05) is 6.92 Å². The van der Waals surface area contributed by atoms with Crippen molar-refractivity contribution in [2.75, 3.05) is 26.7 Å². The van der Waals surface area contributed by atoms with Crippen molar-refractivity contribution in [3.8, 4) is 5.88 Å². The highest BCUT2D eigenvalue weighted by Crippen LogP contribution is 2.28. The van der Waals surface area contributed by atoms with Gasteiger partial charge in [0.25, 0.3) is 5.91 Å². The number of ether oxygens (including phenoxy) is 1. The van der Waals surface area contributed by atoms with Crippen LogP contribution >= 0.6 is 15.9 Å². The first-order valence-corrected chi connectivity index (χ1v) is 8.15. The molecule has 1 aliphatic heterocycles. The van der Waals surface area contributed by atoms with E-state index in [9.17, 15) is 9.90 Å². The number of aliphatic hydroxyl groups excluding tert-OH is 1. The molecular formula is C15H22BrN3O3. The molecule has 2 rings (SSSR count). The molecule has 2 heterocycles. The molecule has 1 aromatic heterocycles. The first kappa shape index (κ1) is 17.2. The first-order chi connectivity index (χ1) is 10.5. The van der Waals surface area contributed by atoms with Gasteiger partial charge in [-0.15, -0.1) is 0 Å². The van der Waals surface area contributed by atoms with E-state index in [1.54, 1.807) is 17.2 Å². The number of carbonyl (C=O) groups is 1. The highest BCUT2D eigenvalue weighted by Gasteiger charge is 2.33. The maximum absolute atomic E-state index is 12.8. The number of nitrogens with zero attached hydrogens (tertiary/aromatic N) is 2. The average Bonchev–Trinajstić information content (AvgIpc) is 2.51. The molecule has 3 atom stereocenters. The summed E-state index contributed by atoms with van der Waals surface area (Å²) in [5.41, 5.74) is 0.419. The molecule has 122 valence electrons. The van der Waals surface area contributed by atoms with E-state index < -0.39 is 0 Å². The van der Waals surface area contributed by atoms with Crippen LogP contribution in [0.25, 0.3) is 0 Å². The normalized spacial score (nSPS) is 23.3. The molecule has 0 unspecified atom stereocenters. The smallest absolute Gasteiger partial charge is 0.259 e. The van der Waals surface area contributed by atoms with Crippen molar-refractivity contribution < 1.29 is 14.6 Å². The van der Waals surface area contributed by atoms with Crippen LogP contribution in [0.1, 0.15) is 24.2 Å². The molecule has 7 heteroatoms. The third kappa shape index (κ3) is 3.59. The zero-order chi connectivity index (χ0) is 16.3. The van der Waals surface area contributed by atoms with Crippen LogP contribution in [0.15, 0.2) is 16.7 Å². The number of likely N-dealkylation sites (N-methyl/N-ethyl adjacent to an activating group) is 1. The summed E-state index contributed by atoms with van der Waals surface area (Å²) >= 11 is 3.34. The molecule has 0 bridgehead atoms. The minimum Gasteiger partial charge on any atom is -0.472 e. The third-order valence-corrected chi connectivity index (χ3v) is 4.33. The van der Waals surface area contributed by atoms with Crippen LogP contribution in [-0.4, -0.2) is 59.8 Å². The minimum absolute atomic E-state index is 0.0766. The van der Waals surface area contributed by atoms with E-state index in [-0.39, 0.29) is 30.6 Å². The number of aliphatic hydroxyl groups is 1. The van der Waals surface area contributed by atoms with Gasteiger partial charge in [0.15, 0.2) is 0 Å². The lowest BCUT2D eigenvalue weighted by Crippen LogP contribution is -2.49. The Balaban J connectivity index is 2.45. The summed E-state index contributed by atoms with van der Waals surface area (Å²) in [4.78, 5) is 18.8. The van der Waals surface area contributed by atoms with E-state index >= 15 is 0 Å². The molecule has 0 saturated carbocycles. The van der Waals surface area contributed by atoms with Gasteiger partial charge >= 0.3 is 0 Å². The van der Waals surface area contributed by atoms with Crippen molar-refractivity contribution in [2.45, 2.75) is 26.0 Å². The van der Waals surface area contributed by atoms with Gasteiger partial charge in [0.05, 0.1) is 12.6 Å². The zero-order valence-corrected chi connectivity index (χ0v) is 14.6. The lowest BCUT2D eigenvalue weighted by molar-refractivity contribution is 0.0403. The second-order valence-corrected chi connectivity index (χ2v) is 6.60. The first-order valence-electron chi connectivity index (χ1n) is 7.36. The van der Waals surface area contributed by atoms with E-state index in [1.165, 1.54) is 0 Å². The molecule has 22 heavy (non-hydrogen) atoms. The van der Waals surface area contributed by atoms with Gasteiger partial charge in [0.1, 0.15) is 11.7 Å². The van der Waals surface area contributed by atoms with Gasteiger partial charge in [-0.3, -0.25) is 4.79 Å². The highest BCUT2D eigenvalue weighted by molar-refractivity contribution is 9.10. The summed E-state index contributed by atoms with van der Waals surface area (Å²) in [6, 6.07) is 1.46. The van der Waals surface area contributed by atoms with Gasteiger partial charge in [0.2, 0.25) is 5.88 Å². The van der Waals surface area contributed by atoms with E-state index in [2.05, 4.69) is 26.2 Å². The summed E-state index contributed by atoms with van der Waals surface area (Å²) in [6.07, 6.45) is 1.52. The predicted molar refractivity (Wildman–Crippen MR) is 87.0 cm³/mol. The van der Waals surface area contributed by atoms with Crippen molar-refractivity contribution in [3.63, 3.8) is 0 Å². The molecule has 0 aliphatic carbocycles. The molecule has 0 spiro atoms. The summed E-state index contributed by atoms with van der Waals surface area (Å²) < 4.78 is 6.69. The van der Waals surface area contributed by atoms with Crippen molar-refractivity contribution >= 4 is 21.8 Å². The average molecular weight is 372 g/mol. The lowest BCUT2D eigenvalue weighted by atomic mass is 10.0. The van der Waals surface area contributed by atoms with Crippen LogP contribution in [0.2, 0.25) is 0 Å². The number of halogens is 1. The Hall–Kier alpha value is -1.18. The molecular weight excluding hydrogens is 350 g/mol. The molecule has 0 fully saturated rings. The number of amides is 1. The standard InChI is InChI=1S/C15H22BrN3O3/c1-9-7-19(10(2)8-20)15(21)12-4-11(16)5-18-14(12)22-13(9)6-17-3/h4-5,9-10,13,17,20H,6-8H2,1-3H3/t9-,10+,13+/m0/s1. The van der Waals surface area contributed by atoms with Crippen molar-refractivity contribution in [3.05, 3.63) is 22.3 Å². The summed E-state index contributed by atoms with van der Waals surface area (Å²) in [5.74, 6) is 0.291. The molecule has 2 N–H and O–H groups in total. The monoisotopic (exact) mass is 371 g/mol. The predicted octanol–water partition coefficient (Wildman–Crippen LogP) is 1.28. The van der Waals surface area contributed by atoms with Crippen LogP contribution in [0.4, 0.5) is 0 Å². The molecule has 0 saturated heterocycles. The van der Waals surface area contributed by atoms with Gasteiger partial charge in [0, 0.05) is 29.7 Å². The number of hydrogen-bond donors (Lipinski definition) is 2. The van der Waals surface area contributed by atoms with Gasteiger partial charge < -0.3 is 20.1 Å². The summed E-state index contributed by atoms with van der Waals surface area (Å²) in [7, 11) is 1.87. The fraction of sp³-hybridized carbons (Fsp3) is 0.600. The van der Waals surface area contributed by atoms with Crippen LogP contribution in [0.3, 0.4) is 0 Å². The maximum atomic E-state index is 12.8. The second-order valence-electron chi connectivity index (χ2n) is 5.69. The fourth-order valence-electron chi connectivity index (χ4n) is 2.52. The molecule has 1 aromatic rings. The Morgan fingerprint density at radius 2 is 2.36 bits per heavy atom. The quantitative estimate of drug-likeness (QED) is 0.833. The SMILES string of the molecule is CNC[C@H]1Oc2ncc(Br)cc2C(=O)N([C@H](C)CO)C[C@@H]1C. The highest BCUT2D eigenvalue weighted by atomic mass is 79.9. The Morgan fingerprint density at radius 3 is 3.00 bits per heavy atom. The Kier molecular flexibility index (Phi) is 5.77. The summed E-state index contributed by atoms with van der Waals surface area (Å²) in [5, 5.41) is 12.6. The fourth-order valence-corrected chi connectivity index (χ4v) is 2.85. The van der Waals surface area contributed by atoms with Gasteiger partial charge in [-0.25, -0.2) is 4.98 Å². The number of hydrogen-bond acceptors (Lipinski definition) is 5. The molecule has 1 aliphatic rings. The van der Waals surface area contributed by atoms with E-state index in [1.807, 2.05) is 20.9 Å². The lowest BCUT2D eigenvalue weighted by Gasteiger charge is -2.36. The zero-order valence-electron chi connectivity index (χ0n) is 13.0. The number of aromatic nitrogens is 1. The Labute approximate surface area is 139 Å². The number of pyridine rings is 1. The minimum atomic E-state index is -0.255. The van der Waals surface area contributed by atoms with E-state index in [0.717, 1.165) is 4.47 Å². The molecule has 0 aromatic carbocycles. The van der Waals surface area contributed by atoms with Crippen LogP contribution in [-0.2, 0) is 0 Å². The van der Waals surface area contributed by atoms with Crippen LogP contribution in [0, 0.1) is 5.92 Å². The van der Waals surface area contributed by atoms with Crippen LogP contribution < -0.4 is 10.1 Å². The van der Waals surface area contributed by atoms with Gasteiger partial charge in [-0.2, -0.15) is 0 Å². The third-order valence-electron chi connectivity index (χ3n) is 3.89. The van der Waals surface area contributed by atoms with Crippen molar-refractivity contribution in [1.82, 2.24) is 15.2 Å². The molecule has 6 nitrogen and oxygen atoms in total. The maximum Gasteiger partial charge on any atom is 0.259 e. The van der Waals surface area contributed by atoms with E-state index in [0.29, 0.717) is 24.5 Å². The molecule has 0 radical (unpaired) electrons. The largest absolute Gasteiger partial charge is 0.472 e. The number of rotatable bonds is 4. The molecule has 1 amide bonds.